The zero-order valence-electron chi connectivity index (χ0n) is 20.5. The molecule has 0 unspecified atom stereocenters. The first-order chi connectivity index (χ1) is 18.2. The van der Waals surface area contributed by atoms with Gasteiger partial charge in [-0.25, -0.2) is 19.2 Å². The van der Waals surface area contributed by atoms with Crippen LogP contribution in [0.5, 0.6) is 0 Å². The molecule has 11 nitrogen and oxygen atoms in total. The third kappa shape index (κ3) is 6.42. The van der Waals surface area contributed by atoms with Gasteiger partial charge in [-0.1, -0.05) is 23.7 Å². The van der Waals surface area contributed by atoms with Crippen molar-refractivity contribution in [3.63, 3.8) is 0 Å². The highest BCUT2D eigenvalue weighted by Crippen LogP contribution is 2.26. The van der Waals surface area contributed by atoms with Gasteiger partial charge in [-0.2, -0.15) is 0 Å². The molecular formula is C26H28ClN5O6. The van der Waals surface area contributed by atoms with Gasteiger partial charge >= 0.3 is 23.3 Å². The molecule has 1 aliphatic rings. The second kappa shape index (κ2) is 12.0. The summed E-state index contributed by atoms with van der Waals surface area (Å²) in [5.41, 5.74) is 3.44. The number of benzene rings is 2. The van der Waals surface area contributed by atoms with Crippen molar-refractivity contribution in [3.8, 4) is 0 Å². The van der Waals surface area contributed by atoms with E-state index < -0.39 is 11.9 Å². The zero-order chi connectivity index (χ0) is 27.2. The van der Waals surface area contributed by atoms with E-state index in [0.717, 1.165) is 61.0 Å². The van der Waals surface area contributed by atoms with Crippen molar-refractivity contribution >= 4 is 45.6 Å². The van der Waals surface area contributed by atoms with Gasteiger partial charge < -0.3 is 25.1 Å². The largest absolute Gasteiger partial charge is 0.478 e. The Bertz CT molecular complexity index is 1570. The van der Waals surface area contributed by atoms with Crippen LogP contribution in [0.4, 0.5) is 0 Å². The normalized spacial score (nSPS) is 14.7. The van der Waals surface area contributed by atoms with Crippen LogP contribution in [0.2, 0.25) is 5.02 Å². The number of halogens is 1. The number of aromatic amines is 2. The molecule has 38 heavy (non-hydrogen) atoms. The second-order valence-electron chi connectivity index (χ2n) is 9.00. The van der Waals surface area contributed by atoms with Crippen molar-refractivity contribution in [1.29, 1.82) is 0 Å². The minimum Gasteiger partial charge on any atom is -0.478 e. The lowest BCUT2D eigenvalue weighted by Gasteiger charge is -2.32. The van der Waals surface area contributed by atoms with Gasteiger partial charge in [-0.15, -0.1) is 0 Å². The molecule has 1 aliphatic heterocycles. The third-order valence-corrected chi connectivity index (χ3v) is 6.74. The number of fused-ring (bicyclic) bond motifs is 2. The molecule has 4 aromatic rings. The smallest absolute Gasteiger partial charge is 0.328 e. The topological polar surface area (TPSA) is 153 Å². The first kappa shape index (κ1) is 27.0. The van der Waals surface area contributed by atoms with Crippen LogP contribution in [0.3, 0.4) is 0 Å². The molecule has 2 aromatic carbocycles. The maximum Gasteiger partial charge on any atom is 0.328 e. The predicted octanol–water partition coefficient (Wildman–Crippen LogP) is 3.07. The highest BCUT2D eigenvalue weighted by Gasteiger charge is 2.23. The van der Waals surface area contributed by atoms with Crippen LogP contribution in [0, 0.1) is 0 Å². The number of piperidine rings is 1. The van der Waals surface area contributed by atoms with E-state index in [-0.39, 0.29) is 17.4 Å². The Morgan fingerprint density at radius 2 is 1.55 bits per heavy atom. The summed E-state index contributed by atoms with van der Waals surface area (Å²) < 4.78 is 3.70. The first-order valence-corrected chi connectivity index (χ1v) is 12.5. The van der Waals surface area contributed by atoms with E-state index in [1.54, 1.807) is 6.07 Å². The lowest BCUT2D eigenvalue weighted by atomic mass is 10.0. The molecule has 1 fully saturated rings. The van der Waals surface area contributed by atoms with E-state index in [0.29, 0.717) is 23.7 Å². The van der Waals surface area contributed by atoms with Crippen molar-refractivity contribution in [3.05, 3.63) is 80.6 Å². The van der Waals surface area contributed by atoms with E-state index in [1.165, 1.54) is 0 Å². The molecular weight excluding hydrogens is 514 g/mol. The average molecular weight is 542 g/mol. The number of imidazole rings is 2. The van der Waals surface area contributed by atoms with Gasteiger partial charge in [0.05, 0.1) is 22.1 Å². The summed E-state index contributed by atoms with van der Waals surface area (Å²) in [6.45, 7) is 3.53. The number of aliphatic carboxylic acids is 2. The number of hydrogen-bond acceptors (Lipinski definition) is 5. The van der Waals surface area contributed by atoms with Crippen molar-refractivity contribution < 1.29 is 19.8 Å². The average Bonchev–Trinajstić information content (AvgIpc) is 3.38. The van der Waals surface area contributed by atoms with Crippen LogP contribution in [0.1, 0.15) is 25.3 Å². The van der Waals surface area contributed by atoms with Gasteiger partial charge in [0.2, 0.25) is 0 Å². The summed E-state index contributed by atoms with van der Waals surface area (Å²) in [5, 5.41) is 16.2. The van der Waals surface area contributed by atoms with Crippen LogP contribution in [-0.2, 0) is 16.1 Å². The van der Waals surface area contributed by atoms with Crippen LogP contribution in [0.15, 0.2) is 64.2 Å². The van der Waals surface area contributed by atoms with Gasteiger partial charge in [0.15, 0.2) is 0 Å². The molecule has 0 amide bonds. The van der Waals surface area contributed by atoms with Crippen LogP contribution < -0.4 is 11.4 Å². The number of nitrogens with one attached hydrogen (secondary N) is 2. The number of hydrogen-bond donors (Lipinski definition) is 4. The fraction of sp³-hybridized carbons (Fsp3) is 0.308. The SMILES string of the molecule is O=C(O)/C=C/C(=O)O.O=c1[nH]c2ccccc2n1CCCN1CCC(n2c(=O)[nH]c3cc(Cl)ccc32)CC1. The maximum absolute atomic E-state index is 12.5. The number of carboxylic acids is 2. The summed E-state index contributed by atoms with van der Waals surface area (Å²) in [6, 6.07) is 13.5. The summed E-state index contributed by atoms with van der Waals surface area (Å²) >= 11 is 6.05. The van der Waals surface area contributed by atoms with E-state index in [9.17, 15) is 19.2 Å². The molecule has 0 bridgehead atoms. The molecule has 0 saturated carbocycles. The summed E-state index contributed by atoms with van der Waals surface area (Å²) in [7, 11) is 0. The summed E-state index contributed by atoms with van der Waals surface area (Å²) in [4.78, 5) is 52.1. The lowest BCUT2D eigenvalue weighted by Crippen LogP contribution is -2.37. The molecule has 0 atom stereocenters. The number of likely N-dealkylation sites (tertiary alicyclic amines) is 1. The molecule has 4 N–H and O–H groups in total. The van der Waals surface area contributed by atoms with E-state index in [4.69, 9.17) is 21.8 Å². The molecule has 5 rings (SSSR count). The molecule has 0 spiro atoms. The van der Waals surface area contributed by atoms with Gasteiger partial charge in [0.25, 0.3) is 0 Å². The molecule has 12 heteroatoms. The van der Waals surface area contributed by atoms with Crippen molar-refractivity contribution in [1.82, 2.24) is 24.0 Å². The Morgan fingerprint density at radius 1 is 0.895 bits per heavy atom. The molecule has 1 saturated heterocycles. The number of aromatic nitrogens is 4. The van der Waals surface area contributed by atoms with Gasteiger partial charge in [-0.3, -0.25) is 9.13 Å². The Kier molecular flexibility index (Phi) is 8.49. The predicted molar refractivity (Wildman–Crippen MR) is 144 cm³/mol. The Balaban J connectivity index is 0.000000368. The van der Waals surface area contributed by atoms with Crippen molar-refractivity contribution in [2.75, 3.05) is 19.6 Å². The third-order valence-electron chi connectivity index (χ3n) is 6.51. The number of aryl methyl sites for hydroxylation is 1. The lowest BCUT2D eigenvalue weighted by molar-refractivity contribution is -0.134. The zero-order valence-corrected chi connectivity index (χ0v) is 21.2. The number of rotatable bonds is 7. The Morgan fingerprint density at radius 3 is 2.24 bits per heavy atom. The number of carbonyl (C=O) groups is 2. The monoisotopic (exact) mass is 541 g/mol. The molecule has 0 aliphatic carbocycles. The van der Waals surface area contributed by atoms with Crippen molar-refractivity contribution in [2.45, 2.75) is 31.8 Å². The van der Waals surface area contributed by atoms with Gasteiger partial charge in [-0.05, 0) is 56.1 Å². The fourth-order valence-corrected chi connectivity index (χ4v) is 4.96. The highest BCUT2D eigenvalue weighted by atomic mass is 35.5. The van der Waals surface area contributed by atoms with Crippen LogP contribution in [0.25, 0.3) is 22.1 Å². The fourth-order valence-electron chi connectivity index (χ4n) is 4.79. The standard InChI is InChI=1S/C22H24ClN5O2.C4H4O4/c23-15-6-7-20-18(14-15)25-22(30)28(20)16-8-12-26(13-9-16)10-3-11-27-19-5-2-1-4-17(19)24-21(27)29;5-3(6)1-2-4(7)8/h1-2,4-7,14,16H,3,8-13H2,(H,24,29)(H,25,30);1-2H,(H,5,6)(H,7,8)/b;2-1+. The number of carboxylic acid groups (broad SMARTS) is 2. The summed E-state index contributed by atoms with van der Waals surface area (Å²) in [5.74, 6) is -2.51. The van der Waals surface area contributed by atoms with E-state index in [2.05, 4.69) is 14.9 Å². The minimum atomic E-state index is -1.26. The number of nitrogens with zero attached hydrogens (tertiary/aromatic N) is 3. The Hall–Kier alpha value is -4.09. The molecule has 2 aromatic heterocycles. The van der Waals surface area contributed by atoms with E-state index in [1.807, 2.05) is 45.5 Å². The number of H-pyrrole nitrogens is 2. The molecule has 3 heterocycles. The van der Waals surface area contributed by atoms with Gasteiger partial charge in [0, 0.05) is 42.9 Å². The van der Waals surface area contributed by atoms with Gasteiger partial charge in [0.1, 0.15) is 0 Å². The Labute approximate surface area is 221 Å². The maximum atomic E-state index is 12.5. The molecule has 200 valence electrons. The van der Waals surface area contributed by atoms with Crippen molar-refractivity contribution in [2.24, 2.45) is 0 Å². The first-order valence-electron chi connectivity index (χ1n) is 12.2. The van der Waals surface area contributed by atoms with E-state index >= 15 is 0 Å². The van der Waals surface area contributed by atoms with Crippen LogP contribution >= 0.6 is 11.6 Å². The minimum absolute atomic E-state index is 0.0475. The highest BCUT2D eigenvalue weighted by molar-refractivity contribution is 6.31. The molecule has 0 radical (unpaired) electrons. The summed E-state index contributed by atoms with van der Waals surface area (Å²) in [6.07, 6.45) is 3.90. The van der Waals surface area contributed by atoms with Crippen LogP contribution in [-0.4, -0.2) is 65.8 Å². The number of para-hydroxylation sites is 2. The second-order valence-corrected chi connectivity index (χ2v) is 9.43. The quantitative estimate of drug-likeness (QED) is 0.262.